The molecule has 0 radical (unpaired) electrons. The summed E-state index contributed by atoms with van der Waals surface area (Å²) in [6, 6.07) is 14.2. The lowest BCUT2D eigenvalue weighted by Gasteiger charge is -2.19. The average molecular weight is 395 g/mol. The van der Waals surface area contributed by atoms with Gasteiger partial charge < -0.3 is 9.47 Å². The largest absolute Gasteiger partial charge is 0.493 e. The van der Waals surface area contributed by atoms with Crippen molar-refractivity contribution < 1.29 is 14.3 Å². The number of hydrogen-bond acceptors (Lipinski definition) is 4. The van der Waals surface area contributed by atoms with E-state index in [0.717, 1.165) is 12.0 Å². The van der Waals surface area contributed by atoms with Crippen LogP contribution in [0, 0.1) is 5.92 Å². The van der Waals surface area contributed by atoms with Crippen LogP contribution in [-0.2, 0) is 10.2 Å². The summed E-state index contributed by atoms with van der Waals surface area (Å²) in [5, 5.41) is 4.11. The Balaban J connectivity index is 1.55. The van der Waals surface area contributed by atoms with Crippen LogP contribution in [0.2, 0.25) is 0 Å². The smallest absolute Gasteiger partial charge is 0.243 e. The Hall–Kier alpha value is -2.82. The molecule has 1 saturated carbocycles. The van der Waals surface area contributed by atoms with Crippen LogP contribution in [-0.4, -0.2) is 25.8 Å². The number of nitrogens with zero attached hydrogens (tertiary/aromatic N) is 1. The van der Waals surface area contributed by atoms with Gasteiger partial charge in [0.25, 0.3) is 0 Å². The number of ether oxygens (including phenoxy) is 2. The van der Waals surface area contributed by atoms with Gasteiger partial charge in [0.2, 0.25) is 5.91 Å². The van der Waals surface area contributed by atoms with E-state index in [1.165, 1.54) is 11.1 Å². The van der Waals surface area contributed by atoms with E-state index in [-0.39, 0.29) is 23.2 Å². The average Bonchev–Trinajstić information content (AvgIpc) is 3.49. The third-order valence-corrected chi connectivity index (χ3v) is 5.21. The zero-order chi connectivity index (χ0) is 21.0. The number of carbonyl (C=O) groups is 1. The molecule has 0 bridgehead atoms. The molecular formula is C24H30N2O3. The fourth-order valence-electron chi connectivity index (χ4n) is 3.38. The number of methoxy groups -OCH3 is 1. The van der Waals surface area contributed by atoms with E-state index in [2.05, 4.69) is 55.6 Å². The summed E-state index contributed by atoms with van der Waals surface area (Å²) >= 11 is 0. The fourth-order valence-corrected chi connectivity index (χ4v) is 3.38. The number of hydrogen-bond donors (Lipinski definition) is 1. The van der Waals surface area contributed by atoms with Gasteiger partial charge >= 0.3 is 0 Å². The Morgan fingerprint density at radius 3 is 2.52 bits per heavy atom. The van der Waals surface area contributed by atoms with E-state index in [1.807, 2.05) is 25.1 Å². The number of hydrazone groups is 1. The summed E-state index contributed by atoms with van der Waals surface area (Å²) in [6.07, 6.45) is 2.48. The second-order valence-electron chi connectivity index (χ2n) is 8.40. The Morgan fingerprint density at radius 2 is 1.90 bits per heavy atom. The Morgan fingerprint density at radius 1 is 1.17 bits per heavy atom. The van der Waals surface area contributed by atoms with E-state index >= 15 is 0 Å². The van der Waals surface area contributed by atoms with Gasteiger partial charge in [0, 0.05) is 5.92 Å². The minimum atomic E-state index is -0.0379. The van der Waals surface area contributed by atoms with Gasteiger partial charge in [0.15, 0.2) is 11.5 Å². The monoisotopic (exact) mass is 394 g/mol. The van der Waals surface area contributed by atoms with Crippen LogP contribution in [0.15, 0.2) is 47.6 Å². The van der Waals surface area contributed by atoms with Gasteiger partial charge in [0.1, 0.15) is 0 Å². The molecule has 0 aliphatic heterocycles. The van der Waals surface area contributed by atoms with Crippen molar-refractivity contribution in [1.82, 2.24) is 5.43 Å². The van der Waals surface area contributed by atoms with E-state index in [0.29, 0.717) is 18.1 Å². The van der Waals surface area contributed by atoms with Gasteiger partial charge in [-0.25, -0.2) is 5.43 Å². The zero-order valence-corrected chi connectivity index (χ0v) is 17.9. The van der Waals surface area contributed by atoms with Crippen LogP contribution >= 0.6 is 0 Å². The summed E-state index contributed by atoms with van der Waals surface area (Å²) in [6.45, 7) is 9.10. The Bertz CT molecular complexity index is 882. The molecule has 2 aromatic rings. The van der Waals surface area contributed by atoms with Crippen molar-refractivity contribution in [2.45, 2.75) is 45.4 Å². The second kappa shape index (κ2) is 8.68. The molecule has 1 N–H and O–H groups in total. The van der Waals surface area contributed by atoms with Gasteiger partial charge in [-0.15, -0.1) is 0 Å². The number of benzene rings is 2. The standard InChI is InChI=1S/C24H30N2O3/c1-6-29-21-12-7-16(13-22(21)28-5)15-25-26-23(27)20-14-19(20)17-8-10-18(11-9-17)24(2,3)4/h7-13,15,19-20H,6,14H2,1-5H3,(H,26,27)/t19-,20-/m0/s1. The summed E-state index contributed by atoms with van der Waals surface area (Å²) in [7, 11) is 1.60. The molecule has 1 aliphatic carbocycles. The number of carbonyl (C=O) groups excluding carboxylic acids is 1. The molecule has 0 saturated heterocycles. The van der Waals surface area contributed by atoms with Crippen molar-refractivity contribution in [3.05, 3.63) is 59.2 Å². The molecule has 5 heteroatoms. The first-order chi connectivity index (χ1) is 13.8. The van der Waals surface area contributed by atoms with Crippen molar-refractivity contribution >= 4 is 12.1 Å². The van der Waals surface area contributed by atoms with Crippen molar-refractivity contribution in [2.24, 2.45) is 11.0 Å². The van der Waals surface area contributed by atoms with Crippen LogP contribution in [0.3, 0.4) is 0 Å². The minimum Gasteiger partial charge on any atom is -0.493 e. The first-order valence-electron chi connectivity index (χ1n) is 10.1. The van der Waals surface area contributed by atoms with E-state index < -0.39 is 0 Å². The highest BCUT2D eigenvalue weighted by atomic mass is 16.5. The molecule has 154 valence electrons. The molecule has 1 aliphatic rings. The summed E-state index contributed by atoms with van der Waals surface area (Å²) in [5.74, 6) is 1.56. The molecule has 0 aromatic heterocycles. The maximum atomic E-state index is 12.4. The molecule has 5 nitrogen and oxygen atoms in total. The molecule has 1 amide bonds. The fraction of sp³-hybridized carbons (Fsp3) is 0.417. The SMILES string of the molecule is CCOc1ccc(C=NNC(=O)[C@H]2C[C@H]2c2ccc(C(C)(C)C)cc2)cc1OC. The third kappa shape index (κ3) is 5.17. The van der Waals surface area contributed by atoms with Crippen molar-refractivity contribution in [3.63, 3.8) is 0 Å². The lowest BCUT2D eigenvalue weighted by Crippen LogP contribution is -2.20. The van der Waals surface area contributed by atoms with E-state index in [9.17, 15) is 4.79 Å². The molecule has 2 aromatic carbocycles. The van der Waals surface area contributed by atoms with Crippen LogP contribution in [0.1, 0.15) is 56.7 Å². The minimum absolute atomic E-state index is 0.0116. The first kappa shape index (κ1) is 20.9. The molecule has 0 spiro atoms. The maximum Gasteiger partial charge on any atom is 0.243 e. The predicted molar refractivity (Wildman–Crippen MR) is 116 cm³/mol. The van der Waals surface area contributed by atoms with Crippen molar-refractivity contribution in [1.29, 1.82) is 0 Å². The van der Waals surface area contributed by atoms with Gasteiger partial charge in [-0.1, -0.05) is 45.0 Å². The topological polar surface area (TPSA) is 59.9 Å². The molecule has 2 atom stereocenters. The molecule has 3 rings (SSSR count). The third-order valence-electron chi connectivity index (χ3n) is 5.21. The quantitative estimate of drug-likeness (QED) is 0.549. The van der Waals surface area contributed by atoms with Crippen LogP contribution in [0.4, 0.5) is 0 Å². The van der Waals surface area contributed by atoms with Gasteiger partial charge in [-0.05, 0) is 59.6 Å². The summed E-state index contributed by atoms with van der Waals surface area (Å²) in [4.78, 5) is 12.4. The van der Waals surface area contributed by atoms with E-state index in [4.69, 9.17) is 9.47 Å². The van der Waals surface area contributed by atoms with E-state index in [1.54, 1.807) is 13.3 Å². The number of nitrogens with one attached hydrogen (secondary N) is 1. The van der Waals surface area contributed by atoms with Gasteiger partial charge in [-0.2, -0.15) is 5.10 Å². The lowest BCUT2D eigenvalue weighted by molar-refractivity contribution is -0.122. The molecule has 0 unspecified atom stereocenters. The highest BCUT2D eigenvalue weighted by molar-refractivity contribution is 5.86. The first-order valence-corrected chi connectivity index (χ1v) is 10.1. The number of rotatable bonds is 7. The maximum absolute atomic E-state index is 12.4. The molecular weight excluding hydrogens is 364 g/mol. The molecule has 0 heterocycles. The summed E-state index contributed by atoms with van der Waals surface area (Å²) in [5.41, 5.74) is 6.15. The second-order valence-corrected chi connectivity index (χ2v) is 8.40. The van der Waals surface area contributed by atoms with Crippen molar-refractivity contribution in [2.75, 3.05) is 13.7 Å². The normalized spacial score (nSPS) is 18.5. The predicted octanol–water partition coefficient (Wildman–Crippen LogP) is 4.65. The van der Waals surface area contributed by atoms with Crippen LogP contribution in [0.5, 0.6) is 11.5 Å². The Kier molecular flexibility index (Phi) is 6.26. The van der Waals surface area contributed by atoms with Gasteiger partial charge in [-0.3, -0.25) is 4.79 Å². The van der Waals surface area contributed by atoms with Gasteiger partial charge in [0.05, 0.1) is 19.9 Å². The molecule has 1 fully saturated rings. The number of amides is 1. The highest BCUT2D eigenvalue weighted by Crippen LogP contribution is 2.47. The lowest BCUT2D eigenvalue weighted by atomic mass is 9.86. The van der Waals surface area contributed by atoms with Crippen LogP contribution in [0.25, 0.3) is 0 Å². The molecule has 29 heavy (non-hydrogen) atoms. The Labute approximate surface area is 173 Å². The zero-order valence-electron chi connectivity index (χ0n) is 17.9. The van der Waals surface area contributed by atoms with Crippen LogP contribution < -0.4 is 14.9 Å². The van der Waals surface area contributed by atoms with Crippen molar-refractivity contribution in [3.8, 4) is 11.5 Å². The summed E-state index contributed by atoms with van der Waals surface area (Å²) < 4.78 is 10.8. The highest BCUT2D eigenvalue weighted by Gasteiger charge is 2.44.